The highest BCUT2D eigenvalue weighted by Gasteiger charge is 2.21. The van der Waals surface area contributed by atoms with E-state index in [0.29, 0.717) is 17.6 Å². The van der Waals surface area contributed by atoms with Crippen molar-refractivity contribution < 1.29 is 0 Å². The number of rotatable bonds is 3. The molecule has 0 radical (unpaired) electrons. The van der Waals surface area contributed by atoms with Gasteiger partial charge in [-0.1, -0.05) is 0 Å². The van der Waals surface area contributed by atoms with Crippen LogP contribution in [0.15, 0.2) is 12.3 Å². The predicted octanol–water partition coefficient (Wildman–Crippen LogP) is 0.784. The van der Waals surface area contributed by atoms with Gasteiger partial charge in [-0.3, -0.25) is 0 Å². The molecule has 0 spiro atoms. The maximum Gasteiger partial charge on any atom is 0.226 e. The highest BCUT2D eigenvalue weighted by molar-refractivity contribution is 5.34. The van der Waals surface area contributed by atoms with E-state index in [1.807, 2.05) is 7.05 Å². The number of hydrogen-bond acceptors (Lipinski definition) is 5. The molecule has 1 aromatic heterocycles. The Labute approximate surface area is 101 Å². The van der Waals surface area contributed by atoms with Crippen molar-refractivity contribution in [3.63, 3.8) is 0 Å². The molecule has 1 aliphatic heterocycles. The van der Waals surface area contributed by atoms with Crippen molar-refractivity contribution in [1.82, 2.24) is 15.3 Å². The Balaban J connectivity index is 2.08. The van der Waals surface area contributed by atoms with Gasteiger partial charge in [-0.2, -0.15) is 5.26 Å². The van der Waals surface area contributed by atoms with Crippen LogP contribution in [0.5, 0.6) is 0 Å². The molecular formula is C12H17N5. The molecule has 1 N–H and O–H groups in total. The summed E-state index contributed by atoms with van der Waals surface area (Å²) < 4.78 is 0. The summed E-state index contributed by atoms with van der Waals surface area (Å²) in [7, 11) is 1.98. The summed E-state index contributed by atoms with van der Waals surface area (Å²) >= 11 is 0. The molecule has 1 fully saturated rings. The van der Waals surface area contributed by atoms with Gasteiger partial charge in [-0.05, 0) is 38.4 Å². The smallest absolute Gasteiger partial charge is 0.226 e. The maximum atomic E-state index is 8.83. The lowest BCUT2D eigenvalue weighted by atomic mass is 9.98. The molecule has 0 amide bonds. The lowest BCUT2D eigenvalue weighted by Crippen LogP contribution is -2.40. The Bertz CT molecular complexity index is 410. The minimum absolute atomic E-state index is 0.436. The molecule has 2 rings (SSSR count). The van der Waals surface area contributed by atoms with Crippen LogP contribution in [0.1, 0.15) is 18.5 Å². The van der Waals surface area contributed by atoms with Crippen LogP contribution in [-0.2, 0) is 0 Å². The molecule has 2 heterocycles. The molecule has 90 valence electrons. The van der Waals surface area contributed by atoms with Crippen LogP contribution in [0.2, 0.25) is 0 Å². The van der Waals surface area contributed by atoms with E-state index in [1.54, 1.807) is 12.3 Å². The van der Waals surface area contributed by atoms with Crippen molar-refractivity contribution in [2.75, 3.05) is 31.6 Å². The van der Waals surface area contributed by atoms with Gasteiger partial charge in [0.25, 0.3) is 0 Å². The van der Waals surface area contributed by atoms with Gasteiger partial charge in [0.1, 0.15) is 11.8 Å². The van der Waals surface area contributed by atoms with Crippen molar-refractivity contribution in [2.24, 2.45) is 5.92 Å². The molecule has 5 nitrogen and oxygen atoms in total. The average molecular weight is 231 g/mol. The van der Waals surface area contributed by atoms with Crippen LogP contribution in [0, 0.1) is 17.2 Å². The Morgan fingerprint density at radius 2 is 2.53 bits per heavy atom. The third kappa shape index (κ3) is 2.92. The minimum atomic E-state index is 0.436. The Kier molecular flexibility index (Phi) is 3.89. The summed E-state index contributed by atoms with van der Waals surface area (Å²) in [6.07, 6.45) is 4.06. The van der Waals surface area contributed by atoms with Crippen molar-refractivity contribution in [3.05, 3.63) is 18.0 Å². The number of hydrogen-bond donors (Lipinski definition) is 1. The SMILES string of the molecule is CNCC1CCCN(c2nccc(C#N)n2)C1. The fourth-order valence-corrected chi connectivity index (χ4v) is 2.27. The van der Waals surface area contributed by atoms with Crippen LogP contribution in [0.3, 0.4) is 0 Å². The van der Waals surface area contributed by atoms with E-state index >= 15 is 0 Å². The predicted molar refractivity (Wildman–Crippen MR) is 65.6 cm³/mol. The number of piperidine rings is 1. The molecule has 1 atom stereocenters. The van der Waals surface area contributed by atoms with E-state index in [2.05, 4.69) is 26.3 Å². The van der Waals surface area contributed by atoms with Gasteiger partial charge in [0.05, 0.1) is 0 Å². The van der Waals surface area contributed by atoms with E-state index in [-0.39, 0.29) is 0 Å². The zero-order valence-electron chi connectivity index (χ0n) is 10.1. The molecule has 0 aliphatic carbocycles. The van der Waals surface area contributed by atoms with Gasteiger partial charge in [0.2, 0.25) is 5.95 Å². The third-order valence-electron chi connectivity index (χ3n) is 3.05. The highest BCUT2D eigenvalue weighted by atomic mass is 15.3. The summed E-state index contributed by atoms with van der Waals surface area (Å²) in [5.74, 6) is 1.33. The monoisotopic (exact) mass is 231 g/mol. The zero-order valence-corrected chi connectivity index (χ0v) is 10.1. The second-order valence-corrected chi connectivity index (χ2v) is 4.37. The molecule has 1 aliphatic rings. The lowest BCUT2D eigenvalue weighted by molar-refractivity contribution is 0.399. The highest BCUT2D eigenvalue weighted by Crippen LogP contribution is 2.19. The molecule has 1 unspecified atom stereocenters. The zero-order chi connectivity index (χ0) is 12.1. The number of nitriles is 1. The van der Waals surface area contributed by atoms with E-state index in [1.165, 1.54) is 6.42 Å². The first-order chi connectivity index (χ1) is 8.33. The van der Waals surface area contributed by atoms with E-state index in [0.717, 1.165) is 26.1 Å². The Hall–Kier alpha value is -1.67. The molecule has 17 heavy (non-hydrogen) atoms. The van der Waals surface area contributed by atoms with Crippen molar-refractivity contribution in [3.8, 4) is 6.07 Å². The first-order valence-electron chi connectivity index (χ1n) is 5.96. The van der Waals surface area contributed by atoms with E-state index < -0.39 is 0 Å². The number of nitrogens with zero attached hydrogens (tertiary/aromatic N) is 4. The van der Waals surface area contributed by atoms with Crippen molar-refractivity contribution >= 4 is 5.95 Å². The summed E-state index contributed by atoms with van der Waals surface area (Å²) in [5, 5.41) is 12.0. The van der Waals surface area contributed by atoms with Crippen LogP contribution in [-0.4, -0.2) is 36.6 Å². The quantitative estimate of drug-likeness (QED) is 0.833. The van der Waals surface area contributed by atoms with Crippen LogP contribution in [0.25, 0.3) is 0 Å². The van der Waals surface area contributed by atoms with Crippen LogP contribution in [0.4, 0.5) is 5.95 Å². The molecule has 5 heteroatoms. The lowest BCUT2D eigenvalue weighted by Gasteiger charge is -2.32. The second kappa shape index (κ2) is 5.60. The third-order valence-corrected chi connectivity index (χ3v) is 3.05. The van der Waals surface area contributed by atoms with Gasteiger partial charge >= 0.3 is 0 Å². The van der Waals surface area contributed by atoms with E-state index in [4.69, 9.17) is 5.26 Å². The van der Waals surface area contributed by atoms with Crippen molar-refractivity contribution in [2.45, 2.75) is 12.8 Å². The number of anilines is 1. The van der Waals surface area contributed by atoms with Gasteiger partial charge < -0.3 is 10.2 Å². The first kappa shape index (κ1) is 11.8. The number of nitrogens with one attached hydrogen (secondary N) is 1. The van der Waals surface area contributed by atoms with Gasteiger partial charge in [0, 0.05) is 19.3 Å². The average Bonchev–Trinajstić information content (AvgIpc) is 2.40. The molecule has 0 aromatic carbocycles. The minimum Gasteiger partial charge on any atom is -0.340 e. The van der Waals surface area contributed by atoms with Crippen molar-refractivity contribution in [1.29, 1.82) is 5.26 Å². The standard InChI is InChI=1S/C12H17N5/c1-14-8-10-3-2-6-17(9-10)12-15-5-4-11(7-13)16-12/h4-5,10,14H,2-3,6,8-9H2,1H3. The van der Waals surface area contributed by atoms with E-state index in [9.17, 15) is 0 Å². The first-order valence-corrected chi connectivity index (χ1v) is 5.96. The van der Waals surface area contributed by atoms with Gasteiger partial charge in [0.15, 0.2) is 0 Å². The Morgan fingerprint density at radius 1 is 1.65 bits per heavy atom. The normalized spacial score (nSPS) is 20.0. The largest absolute Gasteiger partial charge is 0.340 e. The molecule has 1 aromatic rings. The molecule has 1 saturated heterocycles. The topological polar surface area (TPSA) is 64.8 Å². The molecule has 0 bridgehead atoms. The Morgan fingerprint density at radius 3 is 3.29 bits per heavy atom. The maximum absolute atomic E-state index is 8.83. The summed E-state index contributed by atoms with van der Waals surface area (Å²) in [6.45, 7) is 2.97. The fourth-order valence-electron chi connectivity index (χ4n) is 2.27. The van der Waals surface area contributed by atoms with Crippen LogP contribution >= 0.6 is 0 Å². The number of aromatic nitrogens is 2. The second-order valence-electron chi connectivity index (χ2n) is 4.37. The van der Waals surface area contributed by atoms with Gasteiger partial charge in [-0.25, -0.2) is 9.97 Å². The van der Waals surface area contributed by atoms with Gasteiger partial charge in [-0.15, -0.1) is 0 Å². The molecular weight excluding hydrogens is 214 g/mol. The summed E-state index contributed by atoms with van der Waals surface area (Å²) in [5.41, 5.74) is 0.436. The summed E-state index contributed by atoms with van der Waals surface area (Å²) in [6, 6.07) is 3.69. The molecule has 0 saturated carbocycles. The fraction of sp³-hybridized carbons (Fsp3) is 0.583. The van der Waals surface area contributed by atoms with Crippen LogP contribution < -0.4 is 10.2 Å². The summed E-state index contributed by atoms with van der Waals surface area (Å²) in [4.78, 5) is 10.7.